The summed E-state index contributed by atoms with van der Waals surface area (Å²) in [5.74, 6) is 0.841. The molecule has 1 aromatic heterocycles. The molecule has 0 bridgehead atoms. The zero-order valence-corrected chi connectivity index (χ0v) is 6.12. The van der Waals surface area contributed by atoms with Gasteiger partial charge in [-0.2, -0.15) is 0 Å². The summed E-state index contributed by atoms with van der Waals surface area (Å²) < 4.78 is 0. The molecule has 0 saturated carbocycles. The second-order valence-corrected chi connectivity index (χ2v) is 2.55. The third-order valence-electron chi connectivity index (χ3n) is 1.76. The Morgan fingerprint density at radius 3 is 3.18 bits per heavy atom. The topological polar surface area (TPSA) is 51.3 Å². The Balaban J connectivity index is 2.39. The number of nitrogens with zero attached hydrogens (tertiary/aromatic N) is 2. The average Bonchev–Trinajstić information content (AvgIpc) is 2.46. The van der Waals surface area contributed by atoms with E-state index in [-0.39, 0.29) is 0 Å². The van der Waals surface area contributed by atoms with Crippen molar-refractivity contribution in [3.8, 4) is 0 Å². The van der Waals surface area contributed by atoms with Crippen LogP contribution in [-0.4, -0.2) is 17.2 Å². The van der Waals surface area contributed by atoms with Crippen molar-refractivity contribution < 1.29 is 0 Å². The number of fused-ring (bicyclic) bond motifs is 1. The molecule has 0 aromatic carbocycles. The van der Waals surface area contributed by atoms with Gasteiger partial charge in [-0.05, 0) is 6.07 Å². The van der Waals surface area contributed by atoms with Crippen LogP contribution in [0.15, 0.2) is 23.3 Å². The van der Waals surface area contributed by atoms with E-state index in [1.54, 1.807) is 6.20 Å². The van der Waals surface area contributed by atoms with Crippen molar-refractivity contribution in [2.45, 2.75) is 6.42 Å². The number of hydrogen-bond donors (Lipinski definition) is 1. The molecule has 0 saturated heterocycles. The lowest BCUT2D eigenvalue weighted by Gasteiger charge is -1.91. The maximum absolute atomic E-state index is 5.45. The standard InChI is InChI=1S/C8H9N3/c9-5-7-4-6-2-1-3-10-8(6)11-7/h1-3H,4-5,9H2. The van der Waals surface area contributed by atoms with Crippen molar-refractivity contribution in [1.29, 1.82) is 0 Å². The molecule has 2 N–H and O–H groups in total. The Kier molecular flexibility index (Phi) is 1.43. The fourth-order valence-electron chi connectivity index (χ4n) is 1.20. The molecular weight excluding hydrogens is 138 g/mol. The smallest absolute Gasteiger partial charge is 0.155 e. The van der Waals surface area contributed by atoms with E-state index < -0.39 is 0 Å². The Bertz CT molecular complexity index is 304. The molecule has 1 aliphatic rings. The lowest BCUT2D eigenvalue weighted by molar-refractivity contribution is 1.24. The molecule has 3 heteroatoms. The second kappa shape index (κ2) is 2.43. The predicted octanol–water partition coefficient (Wildman–Crippen LogP) is 0.669. The highest BCUT2D eigenvalue weighted by atomic mass is 14.9. The van der Waals surface area contributed by atoms with E-state index in [2.05, 4.69) is 9.98 Å². The van der Waals surface area contributed by atoms with Gasteiger partial charge in [0.1, 0.15) is 0 Å². The molecule has 0 aliphatic carbocycles. The quantitative estimate of drug-likeness (QED) is 0.634. The van der Waals surface area contributed by atoms with Gasteiger partial charge in [0.25, 0.3) is 0 Å². The summed E-state index contributed by atoms with van der Waals surface area (Å²) in [5, 5.41) is 0. The number of rotatable bonds is 1. The third kappa shape index (κ3) is 1.03. The number of aliphatic imine (C=N–C) groups is 1. The van der Waals surface area contributed by atoms with Gasteiger partial charge in [-0.25, -0.2) is 9.98 Å². The van der Waals surface area contributed by atoms with E-state index in [1.165, 1.54) is 5.56 Å². The van der Waals surface area contributed by atoms with Crippen molar-refractivity contribution in [3.05, 3.63) is 23.9 Å². The molecule has 1 aromatic rings. The minimum Gasteiger partial charge on any atom is -0.325 e. The number of hydrogen-bond acceptors (Lipinski definition) is 3. The first-order chi connectivity index (χ1) is 5.40. The van der Waals surface area contributed by atoms with Gasteiger partial charge in [-0.3, -0.25) is 0 Å². The van der Waals surface area contributed by atoms with Crippen molar-refractivity contribution in [1.82, 2.24) is 4.98 Å². The third-order valence-corrected chi connectivity index (χ3v) is 1.76. The SMILES string of the molecule is NCC1=Nc2ncccc2C1. The van der Waals surface area contributed by atoms with Gasteiger partial charge in [-0.15, -0.1) is 0 Å². The van der Waals surface area contributed by atoms with Crippen LogP contribution in [0, 0.1) is 0 Å². The van der Waals surface area contributed by atoms with Crippen LogP contribution in [0.1, 0.15) is 5.56 Å². The highest BCUT2D eigenvalue weighted by Crippen LogP contribution is 2.22. The van der Waals surface area contributed by atoms with E-state index in [4.69, 9.17) is 5.73 Å². The second-order valence-electron chi connectivity index (χ2n) is 2.55. The summed E-state index contributed by atoms with van der Waals surface area (Å²) in [7, 11) is 0. The van der Waals surface area contributed by atoms with Crippen molar-refractivity contribution >= 4 is 11.5 Å². The molecule has 0 spiro atoms. The van der Waals surface area contributed by atoms with E-state index in [0.717, 1.165) is 18.0 Å². The summed E-state index contributed by atoms with van der Waals surface area (Å²) in [6.07, 6.45) is 2.63. The Morgan fingerprint density at radius 1 is 1.55 bits per heavy atom. The lowest BCUT2D eigenvalue weighted by atomic mass is 10.2. The van der Waals surface area contributed by atoms with Crippen LogP contribution < -0.4 is 5.73 Å². The van der Waals surface area contributed by atoms with Crippen LogP contribution in [0.4, 0.5) is 5.82 Å². The van der Waals surface area contributed by atoms with Gasteiger partial charge < -0.3 is 5.73 Å². The maximum atomic E-state index is 5.45. The molecule has 1 aliphatic heterocycles. The van der Waals surface area contributed by atoms with Gasteiger partial charge >= 0.3 is 0 Å². The van der Waals surface area contributed by atoms with Crippen molar-refractivity contribution in [2.24, 2.45) is 10.7 Å². The Labute approximate surface area is 65.0 Å². The summed E-state index contributed by atoms with van der Waals surface area (Å²) in [4.78, 5) is 8.37. The van der Waals surface area contributed by atoms with E-state index >= 15 is 0 Å². The van der Waals surface area contributed by atoms with Crippen LogP contribution in [0.2, 0.25) is 0 Å². The number of nitrogens with two attached hydrogens (primary N) is 1. The normalized spacial score (nSPS) is 14.5. The molecule has 2 rings (SSSR count). The fourth-order valence-corrected chi connectivity index (χ4v) is 1.20. The highest BCUT2D eigenvalue weighted by molar-refractivity contribution is 5.94. The van der Waals surface area contributed by atoms with Crippen LogP contribution in [0.25, 0.3) is 0 Å². The van der Waals surface area contributed by atoms with Crippen LogP contribution in [0.3, 0.4) is 0 Å². The summed E-state index contributed by atoms with van der Waals surface area (Å²) in [6.45, 7) is 0.538. The molecule has 0 radical (unpaired) electrons. The summed E-state index contributed by atoms with van der Waals surface area (Å²) in [5.41, 5.74) is 7.67. The minimum absolute atomic E-state index is 0.538. The molecule has 2 heterocycles. The lowest BCUT2D eigenvalue weighted by Crippen LogP contribution is -2.12. The first kappa shape index (κ1) is 6.49. The first-order valence-corrected chi connectivity index (χ1v) is 3.60. The molecule has 0 amide bonds. The maximum Gasteiger partial charge on any atom is 0.155 e. The highest BCUT2D eigenvalue weighted by Gasteiger charge is 2.12. The van der Waals surface area contributed by atoms with Gasteiger partial charge in [0.05, 0.1) is 0 Å². The van der Waals surface area contributed by atoms with Crippen LogP contribution in [0.5, 0.6) is 0 Å². The Hall–Kier alpha value is -1.22. The number of pyridine rings is 1. The zero-order valence-electron chi connectivity index (χ0n) is 6.12. The molecule has 0 fully saturated rings. The van der Waals surface area contributed by atoms with E-state index in [0.29, 0.717) is 6.54 Å². The molecule has 0 unspecified atom stereocenters. The van der Waals surface area contributed by atoms with E-state index in [9.17, 15) is 0 Å². The van der Waals surface area contributed by atoms with Crippen LogP contribution in [-0.2, 0) is 6.42 Å². The van der Waals surface area contributed by atoms with Gasteiger partial charge in [0.15, 0.2) is 5.82 Å². The van der Waals surface area contributed by atoms with Crippen molar-refractivity contribution in [3.63, 3.8) is 0 Å². The summed E-state index contributed by atoms with van der Waals surface area (Å²) in [6, 6.07) is 3.96. The van der Waals surface area contributed by atoms with Gasteiger partial charge in [0.2, 0.25) is 0 Å². The monoisotopic (exact) mass is 147 g/mol. The largest absolute Gasteiger partial charge is 0.325 e. The molecular formula is C8H9N3. The van der Waals surface area contributed by atoms with Crippen molar-refractivity contribution in [2.75, 3.05) is 6.54 Å². The number of aromatic nitrogens is 1. The van der Waals surface area contributed by atoms with Gasteiger partial charge in [0, 0.05) is 30.4 Å². The zero-order chi connectivity index (χ0) is 7.68. The Morgan fingerprint density at radius 2 is 2.45 bits per heavy atom. The van der Waals surface area contributed by atoms with Gasteiger partial charge in [-0.1, -0.05) is 6.07 Å². The van der Waals surface area contributed by atoms with Crippen LogP contribution >= 0.6 is 0 Å². The molecule has 0 atom stereocenters. The average molecular weight is 147 g/mol. The molecule has 56 valence electrons. The molecule has 11 heavy (non-hydrogen) atoms. The fraction of sp³-hybridized carbons (Fsp3) is 0.250. The summed E-state index contributed by atoms with van der Waals surface area (Å²) >= 11 is 0. The predicted molar refractivity (Wildman–Crippen MR) is 44.1 cm³/mol. The molecule has 3 nitrogen and oxygen atoms in total. The van der Waals surface area contributed by atoms with E-state index in [1.807, 2.05) is 12.1 Å². The minimum atomic E-state index is 0.538. The first-order valence-electron chi connectivity index (χ1n) is 3.60.